The van der Waals surface area contributed by atoms with Gasteiger partial charge in [0.2, 0.25) is 0 Å². The third kappa shape index (κ3) is 4.92. The van der Waals surface area contributed by atoms with Gasteiger partial charge >= 0.3 is 0 Å². The summed E-state index contributed by atoms with van der Waals surface area (Å²) in [5.41, 5.74) is -0.328. The standard InChI is InChI=1S/C10H10F3NO3S/c11-8-5-7(14(15)16)1-2-9(8)18-4-3-17-6-10(12)13/h1-2,5,10H,3-4,6H2. The molecule has 0 spiro atoms. The monoisotopic (exact) mass is 281 g/mol. The molecular weight excluding hydrogens is 271 g/mol. The molecule has 0 aliphatic heterocycles. The number of non-ortho nitro benzene ring substituents is 1. The van der Waals surface area contributed by atoms with Crippen molar-refractivity contribution in [2.45, 2.75) is 11.3 Å². The number of nitro groups is 1. The summed E-state index contributed by atoms with van der Waals surface area (Å²) in [5, 5.41) is 10.4. The number of nitro benzene ring substituents is 1. The molecule has 0 amide bonds. The van der Waals surface area contributed by atoms with Crippen LogP contribution in [0.1, 0.15) is 0 Å². The van der Waals surface area contributed by atoms with Gasteiger partial charge in [0, 0.05) is 16.7 Å². The average Bonchev–Trinajstić information content (AvgIpc) is 2.29. The molecular formula is C10H10F3NO3S. The summed E-state index contributed by atoms with van der Waals surface area (Å²) in [4.78, 5) is 9.90. The van der Waals surface area contributed by atoms with Crippen molar-refractivity contribution in [1.82, 2.24) is 0 Å². The fourth-order valence-electron chi connectivity index (χ4n) is 1.10. The number of rotatable bonds is 7. The van der Waals surface area contributed by atoms with Crippen molar-refractivity contribution in [3.63, 3.8) is 0 Å². The number of thioether (sulfide) groups is 1. The molecule has 18 heavy (non-hydrogen) atoms. The van der Waals surface area contributed by atoms with Crippen LogP contribution in [-0.2, 0) is 4.74 Å². The number of benzene rings is 1. The molecule has 1 aromatic carbocycles. The highest BCUT2D eigenvalue weighted by Gasteiger charge is 2.10. The molecule has 0 aliphatic carbocycles. The maximum atomic E-state index is 13.4. The van der Waals surface area contributed by atoms with Crippen LogP contribution in [0.25, 0.3) is 0 Å². The van der Waals surface area contributed by atoms with Gasteiger partial charge in [-0.1, -0.05) is 0 Å². The van der Waals surface area contributed by atoms with Crippen molar-refractivity contribution in [1.29, 1.82) is 0 Å². The first-order chi connectivity index (χ1) is 8.50. The van der Waals surface area contributed by atoms with E-state index in [9.17, 15) is 23.3 Å². The number of hydrogen-bond donors (Lipinski definition) is 0. The Bertz CT molecular complexity index is 417. The quantitative estimate of drug-likeness (QED) is 0.333. The molecule has 100 valence electrons. The molecule has 4 nitrogen and oxygen atoms in total. The Balaban J connectivity index is 2.41. The summed E-state index contributed by atoms with van der Waals surface area (Å²) in [5.74, 6) is -0.412. The summed E-state index contributed by atoms with van der Waals surface area (Å²) in [6, 6.07) is 3.29. The van der Waals surface area contributed by atoms with Crippen LogP contribution >= 0.6 is 11.8 Å². The molecule has 0 saturated carbocycles. The van der Waals surface area contributed by atoms with Gasteiger partial charge in [-0.05, 0) is 6.07 Å². The van der Waals surface area contributed by atoms with Gasteiger partial charge in [-0.15, -0.1) is 11.8 Å². The molecule has 0 aromatic heterocycles. The van der Waals surface area contributed by atoms with E-state index in [1.54, 1.807) is 0 Å². The van der Waals surface area contributed by atoms with E-state index in [1.807, 2.05) is 0 Å². The first kappa shape index (κ1) is 14.8. The lowest BCUT2D eigenvalue weighted by molar-refractivity contribution is -0.385. The summed E-state index contributed by atoms with van der Waals surface area (Å²) in [7, 11) is 0. The topological polar surface area (TPSA) is 52.4 Å². The minimum Gasteiger partial charge on any atom is -0.375 e. The van der Waals surface area contributed by atoms with E-state index in [0.29, 0.717) is 5.75 Å². The summed E-state index contributed by atoms with van der Waals surface area (Å²) < 4.78 is 41.4. The fourth-order valence-corrected chi connectivity index (χ4v) is 1.89. The Morgan fingerprint density at radius 3 is 2.72 bits per heavy atom. The molecule has 0 unspecified atom stereocenters. The number of hydrogen-bond acceptors (Lipinski definition) is 4. The Morgan fingerprint density at radius 2 is 2.17 bits per heavy atom. The molecule has 0 aliphatic rings. The van der Waals surface area contributed by atoms with Gasteiger partial charge < -0.3 is 4.74 Å². The highest BCUT2D eigenvalue weighted by Crippen LogP contribution is 2.25. The van der Waals surface area contributed by atoms with Crippen molar-refractivity contribution in [3.8, 4) is 0 Å². The van der Waals surface area contributed by atoms with Gasteiger partial charge in [-0.25, -0.2) is 13.2 Å². The SMILES string of the molecule is O=[N+]([O-])c1ccc(SCCOCC(F)F)c(F)c1. The minimum atomic E-state index is -2.52. The van der Waals surface area contributed by atoms with Crippen LogP contribution in [-0.4, -0.2) is 30.3 Å². The van der Waals surface area contributed by atoms with Gasteiger partial charge in [0.15, 0.2) is 0 Å². The maximum absolute atomic E-state index is 13.4. The zero-order valence-corrected chi connectivity index (χ0v) is 9.96. The van der Waals surface area contributed by atoms with E-state index in [4.69, 9.17) is 0 Å². The Hall–Kier alpha value is -1.28. The second-order valence-electron chi connectivity index (χ2n) is 3.19. The number of alkyl halides is 2. The summed E-state index contributed by atoms with van der Waals surface area (Å²) >= 11 is 1.05. The van der Waals surface area contributed by atoms with E-state index in [2.05, 4.69) is 4.74 Å². The highest BCUT2D eigenvalue weighted by molar-refractivity contribution is 7.99. The summed E-state index contributed by atoms with van der Waals surface area (Å²) in [6.07, 6.45) is -2.52. The van der Waals surface area contributed by atoms with Gasteiger partial charge in [-0.3, -0.25) is 10.1 Å². The van der Waals surface area contributed by atoms with Crippen molar-refractivity contribution in [3.05, 3.63) is 34.1 Å². The van der Waals surface area contributed by atoms with Crippen LogP contribution in [0.2, 0.25) is 0 Å². The second-order valence-corrected chi connectivity index (χ2v) is 4.32. The smallest absolute Gasteiger partial charge is 0.272 e. The summed E-state index contributed by atoms with van der Waals surface area (Å²) in [6.45, 7) is -0.589. The van der Waals surface area contributed by atoms with Crippen molar-refractivity contribution < 1.29 is 22.8 Å². The van der Waals surface area contributed by atoms with E-state index in [0.717, 1.165) is 17.8 Å². The van der Waals surface area contributed by atoms with Gasteiger partial charge in [0.25, 0.3) is 12.1 Å². The molecule has 0 saturated heterocycles. The van der Waals surface area contributed by atoms with Crippen molar-refractivity contribution in [2.24, 2.45) is 0 Å². The number of halogens is 3. The molecule has 8 heteroatoms. The van der Waals surface area contributed by atoms with E-state index >= 15 is 0 Å². The third-order valence-corrected chi connectivity index (χ3v) is 2.87. The van der Waals surface area contributed by atoms with Crippen LogP contribution < -0.4 is 0 Å². The van der Waals surface area contributed by atoms with Crippen LogP contribution in [0.4, 0.5) is 18.9 Å². The highest BCUT2D eigenvalue weighted by atomic mass is 32.2. The molecule has 1 aromatic rings. The Morgan fingerprint density at radius 1 is 1.44 bits per heavy atom. The Kier molecular flexibility index (Phi) is 5.93. The van der Waals surface area contributed by atoms with Gasteiger partial charge in [0.05, 0.1) is 17.6 Å². The molecule has 0 radical (unpaired) electrons. The molecule has 0 fully saturated rings. The predicted molar refractivity (Wildman–Crippen MR) is 60.6 cm³/mol. The molecule has 0 heterocycles. The average molecular weight is 281 g/mol. The number of nitrogens with zero attached hydrogens (tertiary/aromatic N) is 1. The van der Waals surface area contributed by atoms with Crippen LogP contribution in [0.15, 0.2) is 23.1 Å². The second kappa shape index (κ2) is 7.22. The zero-order valence-electron chi connectivity index (χ0n) is 9.14. The van der Waals surface area contributed by atoms with Crippen LogP contribution in [0, 0.1) is 15.9 Å². The maximum Gasteiger partial charge on any atom is 0.272 e. The lowest BCUT2D eigenvalue weighted by atomic mass is 10.3. The van der Waals surface area contributed by atoms with Crippen molar-refractivity contribution >= 4 is 17.4 Å². The van der Waals surface area contributed by atoms with E-state index in [1.165, 1.54) is 12.1 Å². The van der Waals surface area contributed by atoms with E-state index < -0.39 is 23.8 Å². The predicted octanol–water partition coefficient (Wildman–Crippen LogP) is 3.11. The lowest BCUT2D eigenvalue weighted by Gasteiger charge is -2.04. The van der Waals surface area contributed by atoms with Crippen molar-refractivity contribution in [2.75, 3.05) is 19.0 Å². The molecule has 0 atom stereocenters. The third-order valence-electron chi connectivity index (χ3n) is 1.86. The lowest BCUT2D eigenvalue weighted by Crippen LogP contribution is -2.06. The van der Waals surface area contributed by atoms with Crippen LogP contribution in [0.3, 0.4) is 0 Å². The Labute approximate surface area is 105 Å². The fraction of sp³-hybridized carbons (Fsp3) is 0.400. The van der Waals surface area contributed by atoms with Gasteiger partial charge in [-0.2, -0.15) is 0 Å². The van der Waals surface area contributed by atoms with E-state index in [-0.39, 0.29) is 17.2 Å². The molecule has 1 rings (SSSR count). The normalized spacial score (nSPS) is 10.9. The minimum absolute atomic E-state index is 0.0609. The zero-order chi connectivity index (χ0) is 13.5. The number of ether oxygens (including phenoxy) is 1. The van der Waals surface area contributed by atoms with Gasteiger partial charge in [0.1, 0.15) is 12.4 Å². The molecule has 0 bridgehead atoms. The first-order valence-electron chi connectivity index (χ1n) is 4.93. The molecule has 0 N–H and O–H groups in total. The van der Waals surface area contributed by atoms with Crippen LogP contribution in [0.5, 0.6) is 0 Å². The largest absolute Gasteiger partial charge is 0.375 e. The first-order valence-corrected chi connectivity index (χ1v) is 5.92.